The molecule has 0 aliphatic heterocycles. The summed E-state index contributed by atoms with van der Waals surface area (Å²) in [6.07, 6.45) is -13.5. The van der Waals surface area contributed by atoms with Crippen LogP contribution in [0.5, 0.6) is 0 Å². The molecule has 0 spiro atoms. The van der Waals surface area contributed by atoms with Crippen LogP contribution in [0.1, 0.15) is 0 Å². The van der Waals surface area contributed by atoms with Crippen LogP contribution in [0.15, 0.2) is 0 Å². The van der Waals surface area contributed by atoms with Crippen LogP contribution in [-0.2, 0) is 70.0 Å². The molecule has 1 aliphatic rings. The maximum Gasteiger partial charge on any atom is 0.490 e. The molecule has 0 saturated heterocycles. The van der Waals surface area contributed by atoms with E-state index < -0.39 is 83.2 Å². The Bertz CT molecular complexity index is 1110. The topological polar surface area (TPSA) is 421 Å². The summed E-state index contributed by atoms with van der Waals surface area (Å²) in [7, 11) is -38.3. The quantitative estimate of drug-likeness (QED) is 0.0519. The SMILES string of the molecule is O=P(O)(O)OP(=O)(O)OP(=O)(O)OP(=O)(O)OP(=O)(O)OP(=O)(O)OC1(O)[C@H](O)[C@H](O)C(O)[C@H](O)[C@H]1O.[Ni]. The number of aliphatic hydroxyl groups excluding tert-OH is 5. The molecule has 25 nitrogen and oxygen atoms in total. The van der Waals surface area contributed by atoms with Crippen LogP contribution in [0, 0.1) is 0 Å². The van der Waals surface area contributed by atoms with Crippen molar-refractivity contribution in [3.05, 3.63) is 0 Å². The van der Waals surface area contributed by atoms with Gasteiger partial charge in [-0.1, -0.05) is 0 Å². The molecule has 13 N–H and O–H groups in total. The second-order valence-electron chi connectivity index (χ2n) is 6.45. The van der Waals surface area contributed by atoms with Crippen molar-refractivity contribution < 1.29 is 135 Å². The molecule has 0 bridgehead atoms. The number of rotatable bonds is 12. The molecule has 11 atom stereocenters. The maximum absolute atomic E-state index is 12.0. The summed E-state index contributed by atoms with van der Waals surface area (Å²) >= 11 is 0. The van der Waals surface area contributed by atoms with Gasteiger partial charge in [-0.3, -0.25) is 0 Å². The fourth-order valence-corrected chi connectivity index (χ4v) is 9.78. The Balaban J connectivity index is 0.0000137. The third kappa shape index (κ3) is 11.4. The molecule has 32 heteroatoms. The van der Waals surface area contributed by atoms with Gasteiger partial charge in [-0.15, -0.1) is 0 Å². The predicted molar refractivity (Wildman–Crippen MR) is 103 cm³/mol. The van der Waals surface area contributed by atoms with Gasteiger partial charge in [-0.25, -0.2) is 31.9 Å². The number of phosphoric acid groups is 6. The predicted octanol–water partition coefficient (Wildman–Crippen LogP) is -3.82. The molecule has 232 valence electrons. The summed E-state index contributed by atoms with van der Waals surface area (Å²) in [5.41, 5.74) is 0. The molecule has 1 rings (SSSR count). The van der Waals surface area contributed by atoms with E-state index >= 15 is 0 Å². The summed E-state index contributed by atoms with van der Waals surface area (Å²) in [4.78, 5) is 62.9. The van der Waals surface area contributed by atoms with E-state index in [1.54, 1.807) is 0 Å². The van der Waals surface area contributed by atoms with Crippen molar-refractivity contribution >= 4 is 46.9 Å². The molecule has 0 aromatic heterocycles. The van der Waals surface area contributed by atoms with Gasteiger partial charge >= 0.3 is 46.9 Å². The van der Waals surface area contributed by atoms with Crippen molar-refractivity contribution in [3.63, 3.8) is 0 Å². The average Bonchev–Trinajstić information content (AvgIpc) is 2.56. The third-order valence-corrected chi connectivity index (χ3v) is 12.3. The van der Waals surface area contributed by atoms with Crippen LogP contribution in [0.2, 0.25) is 0 Å². The van der Waals surface area contributed by atoms with Crippen LogP contribution in [0.25, 0.3) is 0 Å². The zero-order valence-electron chi connectivity index (χ0n) is 17.1. The van der Waals surface area contributed by atoms with Gasteiger partial charge in [0.05, 0.1) is 0 Å². The molecule has 0 amide bonds. The summed E-state index contributed by atoms with van der Waals surface area (Å²) < 4.78 is 88.7. The van der Waals surface area contributed by atoms with Crippen molar-refractivity contribution in [1.82, 2.24) is 0 Å². The first kappa shape index (κ1) is 39.1. The molecule has 1 aliphatic carbocycles. The second-order valence-corrected chi connectivity index (χ2v) is 15.6. The first-order valence-electron chi connectivity index (χ1n) is 8.13. The minimum atomic E-state index is -6.59. The molecule has 1 fully saturated rings. The van der Waals surface area contributed by atoms with Crippen LogP contribution in [0.4, 0.5) is 0 Å². The van der Waals surface area contributed by atoms with E-state index in [0.29, 0.717) is 0 Å². The van der Waals surface area contributed by atoms with E-state index in [1.807, 2.05) is 0 Å². The van der Waals surface area contributed by atoms with Gasteiger partial charge in [-0.05, 0) is 0 Å². The average molecular weight is 735 g/mol. The van der Waals surface area contributed by atoms with E-state index in [0.717, 1.165) is 0 Å². The Morgan fingerprint density at radius 3 is 1.03 bits per heavy atom. The van der Waals surface area contributed by atoms with E-state index in [4.69, 9.17) is 19.6 Å². The van der Waals surface area contributed by atoms with Crippen molar-refractivity contribution in [1.29, 1.82) is 0 Å². The standard InChI is InChI=1S/C6H18O25P6.Ni/c7-1-2(8)4(10)6(12,5(11)3(1)9)26-33(16,17)28-35(20,21)30-37(24,25)31-36(22,23)29-34(18,19)27-32(13,14)15;/h1-5,7-12H,(H,16,17)(H,18,19)(H,20,21)(H,22,23)(H,24,25)(H2,13,14,15);/t1?,2-,3+,4-,5-,6?;/m1./s1. The summed E-state index contributed by atoms with van der Waals surface area (Å²) in [5.74, 6) is -3.96. The smallest absolute Gasteiger partial charge is 0.387 e. The minimum Gasteiger partial charge on any atom is -0.387 e. The number of aliphatic hydroxyl groups is 6. The zero-order valence-corrected chi connectivity index (χ0v) is 23.5. The number of phosphoric ester groups is 1. The van der Waals surface area contributed by atoms with E-state index in [2.05, 4.69) is 26.1 Å². The monoisotopic (exact) mass is 734 g/mol. The molecule has 0 heterocycles. The number of hydrogen-bond donors (Lipinski definition) is 13. The molecular formula is C6H18NiO25P6. The largest absolute Gasteiger partial charge is 0.490 e. The van der Waals surface area contributed by atoms with Gasteiger partial charge in [0.25, 0.3) is 0 Å². The Hall–Kier alpha value is 1.11. The van der Waals surface area contributed by atoms with Gasteiger partial charge in [0, 0.05) is 16.5 Å². The van der Waals surface area contributed by atoms with Crippen molar-refractivity contribution in [3.8, 4) is 0 Å². The van der Waals surface area contributed by atoms with Crippen molar-refractivity contribution in [2.45, 2.75) is 36.3 Å². The van der Waals surface area contributed by atoms with Crippen molar-refractivity contribution in [2.75, 3.05) is 0 Å². The first-order valence-corrected chi connectivity index (χ1v) is 17.1. The van der Waals surface area contributed by atoms with Crippen LogP contribution < -0.4 is 0 Å². The van der Waals surface area contributed by atoms with Gasteiger partial charge in [0.15, 0.2) is 0 Å². The Kier molecular flexibility index (Phi) is 13.1. The van der Waals surface area contributed by atoms with Gasteiger partial charge in [0.2, 0.25) is 5.79 Å². The second kappa shape index (κ2) is 12.8. The number of hydrogen-bond acceptors (Lipinski definition) is 18. The molecule has 38 heavy (non-hydrogen) atoms. The summed E-state index contributed by atoms with van der Waals surface area (Å²) in [5, 5.41) is 57.9. The molecule has 1 saturated carbocycles. The maximum atomic E-state index is 12.0. The minimum absolute atomic E-state index is 0. The van der Waals surface area contributed by atoms with Gasteiger partial charge in [0.1, 0.15) is 30.5 Å². The van der Waals surface area contributed by atoms with Crippen LogP contribution >= 0.6 is 46.9 Å². The summed E-state index contributed by atoms with van der Waals surface area (Å²) in [6.45, 7) is 0. The fourth-order valence-electron chi connectivity index (χ4n) is 2.26. The Labute approximate surface area is 218 Å². The fraction of sp³-hybridized carbons (Fsp3) is 1.00. The molecule has 0 radical (unpaired) electrons. The molecule has 0 aromatic carbocycles. The Morgan fingerprint density at radius 2 is 0.737 bits per heavy atom. The van der Waals surface area contributed by atoms with Crippen LogP contribution in [-0.4, -0.2) is 101 Å². The third-order valence-electron chi connectivity index (χ3n) is 3.49. The molecular weight excluding hydrogens is 717 g/mol. The van der Waals surface area contributed by atoms with Gasteiger partial charge in [-0.2, -0.15) is 21.6 Å². The van der Waals surface area contributed by atoms with Crippen LogP contribution in [0.3, 0.4) is 0 Å². The van der Waals surface area contributed by atoms with Crippen molar-refractivity contribution in [2.24, 2.45) is 0 Å². The Morgan fingerprint density at radius 1 is 0.474 bits per heavy atom. The van der Waals surface area contributed by atoms with E-state index in [1.165, 1.54) is 0 Å². The normalized spacial score (nSPS) is 36.4. The first-order chi connectivity index (χ1) is 16.0. The van der Waals surface area contributed by atoms with E-state index in [9.17, 15) is 72.7 Å². The zero-order chi connectivity index (χ0) is 29.6. The molecule has 7 unspecified atom stereocenters. The summed E-state index contributed by atoms with van der Waals surface area (Å²) in [6, 6.07) is 0. The van der Waals surface area contributed by atoms with E-state index in [-0.39, 0.29) is 16.5 Å². The van der Waals surface area contributed by atoms with Gasteiger partial charge < -0.3 is 64.9 Å². The molecule has 0 aromatic rings.